The number of hydrogen-bond acceptors (Lipinski definition) is 3. The fraction of sp³-hybridized carbons (Fsp3) is 0.111. The molecule has 1 N–H and O–H groups in total. The third kappa shape index (κ3) is 2.68. The van der Waals surface area contributed by atoms with Crippen molar-refractivity contribution in [1.29, 1.82) is 0 Å². The van der Waals surface area contributed by atoms with Crippen molar-refractivity contribution in [2.75, 3.05) is 5.32 Å². The van der Waals surface area contributed by atoms with Gasteiger partial charge in [0.25, 0.3) is 0 Å². The second kappa shape index (κ2) is 5.78. The summed E-state index contributed by atoms with van der Waals surface area (Å²) in [5.41, 5.74) is 4.44. The Hall–Kier alpha value is -2.39. The van der Waals surface area contributed by atoms with Crippen LogP contribution in [-0.2, 0) is 0 Å². The van der Waals surface area contributed by atoms with Crippen LogP contribution in [0.15, 0.2) is 48.7 Å². The number of halogens is 1. The summed E-state index contributed by atoms with van der Waals surface area (Å²) in [6, 6.07) is 13.2. The number of benzene rings is 2. The molecule has 0 atom stereocenters. The fourth-order valence-corrected chi connectivity index (χ4v) is 2.54. The van der Waals surface area contributed by atoms with Crippen LogP contribution < -0.4 is 5.32 Å². The van der Waals surface area contributed by atoms with Crippen molar-refractivity contribution in [3.63, 3.8) is 0 Å². The number of aryl methyl sites for hydroxylation is 1. The third-order valence-corrected chi connectivity index (χ3v) is 4.08. The van der Waals surface area contributed by atoms with Crippen LogP contribution in [0.4, 0.5) is 11.4 Å². The van der Waals surface area contributed by atoms with Gasteiger partial charge in [-0.1, -0.05) is 11.6 Å². The topological polar surface area (TPSA) is 42.0 Å². The van der Waals surface area contributed by atoms with Crippen LogP contribution in [0.3, 0.4) is 0 Å². The molecule has 0 fully saturated rings. The molecule has 3 nitrogen and oxygen atoms in total. The zero-order valence-electron chi connectivity index (χ0n) is 12.4. The van der Waals surface area contributed by atoms with E-state index in [4.69, 9.17) is 11.6 Å². The molecule has 0 unspecified atom stereocenters. The number of carbonyl (C=O) groups is 1. The molecule has 0 spiro atoms. The largest absolute Gasteiger partial charge is 0.355 e. The van der Waals surface area contributed by atoms with Crippen molar-refractivity contribution in [1.82, 2.24) is 4.98 Å². The van der Waals surface area contributed by atoms with E-state index in [0.717, 1.165) is 27.8 Å². The van der Waals surface area contributed by atoms with Gasteiger partial charge in [-0.3, -0.25) is 9.78 Å². The molecule has 0 aliphatic rings. The maximum absolute atomic E-state index is 11.3. The Balaban J connectivity index is 2.00. The molecule has 4 heteroatoms. The number of rotatable bonds is 3. The van der Waals surface area contributed by atoms with Crippen LogP contribution >= 0.6 is 11.6 Å². The normalized spacial score (nSPS) is 10.7. The maximum atomic E-state index is 11.3. The average Bonchev–Trinajstić information content (AvgIpc) is 2.52. The first-order chi connectivity index (χ1) is 10.6. The minimum absolute atomic E-state index is 0.0613. The lowest BCUT2D eigenvalue weighted by Crippen LogP contribution is -1.96. The van der Waals surface area contributed by atoms with Crippen LogP contribution in [0.1, 0.15) is 22.8 Å². The van der Waals surface area contributed by atoms with E-state index in [0.29, 0.717) is 10.6 Å². The molecule has 1 aromatic heterocycles. The van der Waals surface area contributed by atoms with E-state index < -0.39 is 0 Å². The number of pyridine rings is 1. The predicted octanol–water partition coefficient (Wildman–Crippen LogP) is 5.14. The molecule has 3 rings (SSSR count). The molecule has 0 bridgehead atoms. The first-order valence-corrected chi connectivity index (χ1v) is 7.36. The summed E-state index contributed by atoms with van der Waals surface area (Å²) >= 11 is 6.15. The summed E-state index contributed by atoms with van der Waals surface area (Å²) in [6.07, 6.45) is 1.76. The van der Waals surface area contributed by atoms with E-state index in [1.807, 2.05) is 49.4 Å². The average molecular weight is 311 g/mol. The SMILES string of the molecule is CC(=O)c1ccc(Nc2ccnc3c(C)c(Cl)ccc23)cc1. The highest BCUT2D eigenvalue weighted by Crippen LogP contribution is 2.30. The van der Waals surface area contributed by atoms with E-state index in [-0.39, 0.29) is 5.78 Å². The van der Waals surface area contributed by atoms with Gasteiger partial charge in [-0.05, 0) is 61.9 Å². The molecule has 22 heavy (non-hydrogen) atoms. The Morgan fingerprint density at radius 2 is 1.82 bits per heavy atom. The van der Waals surface area contributed by atoms with Gasteiger partial charge in [0, 0.05) is 33.5 Å². The number of ketones is 1. The van der Waals surface area contributed by atoms with Crippen molar-refractivity contribution >= 4 is 39.7 Å². The first-order valence-electron chi connectivity index (χ1n) is 6.98. The first kappa shape index (κ1) is 14.5. The van der Waals surface area contributed by atoms with E-state index in [1.54, 1.807) is 13.1 Å². The Bertz CT molecular complexity index is 857. The summed E-state index contributed by atoms with van der Waals surface area (Å²) < 4.78 is 0. The molecule has 3 aromatic rings. The Morgan fingerprint density at radius 3 is 2.50 bits per heavy atom. The van der Waals surface area contributed by atoms with E-state index in [1.165, 1.54) is 0 Å². The van der Waals surface area contributed by atoms with Crippen LogP contribution in [0.5, 0.6) is 0 Å². The van der Waals surface area contributed by atoms with Gasteiger partial charge in [0.05, 0.1) is 5.52 Å². The molecule has 0 radical (unpaired) electrons. The third-order valence-electron chi connectivity index (χ3n) is 3.67. The highest BCUT2D eigenvalue weighted by atomic mass is 35.5. The van der Waals surface area contributed by atoms with Crippen molar-refractivity contribution in [3.05, 3.63) is 64.8 Å². The second-order valence-electron chi connectivity index (χ2n) is 5.19. The second-order valence-corrected chi connectivity index (χ2v) is 5.59. The van der Waals surface area contributed by atoms with Gasteiger partial charge in [-0.25, -0.2) is 0 Å². The van der Waals surface area contributed by atoms with Crippen molar-refractivity contribution < 1.29 is 4.79 Å². The predicted molar refractivity (Wildman–Crippen MR) is 91.2 cm³/mol. The van der Waals surface area contributed by atoms with Crippen molar-refractivity contribution in [2.45, 2.75) is 13.8 Å². The Kier molecular flexibility index (Phi) is 3.82. The molecule has 0 saturated heterocycles. The van der Waals surface area contributed by atoms with Gasteiger partial charge in [-0.2, -0.15) is 0 Å². The van der Waals surface area contributed by atoms with E-state index in [9.17, 15) is 4.79 Å². The summed E-state index contributed by atoms with van der Waals surface area (Å²) in [7, 11) is 0. The number of anilines is 2. The molecule has 0 aliphatic heterocycles. The summed E-state index contributed by atoms with van der Waals surface area (Å²) in [6.45, 7) is 3.52. The molecular weight excluding hydrogens is 296 g/mol. The quantitative estimate of drug-likeness (QED) is 0.681. The lowest BCUT2D eigenvalue weighted by molar-refractivity contribution is 0.101. The van der Waals surface area contributed by atoms with Gasteiger partial charge in [0.2, 0.25) is 0 Å². The molecule has 0 saturated carbocycles. The number of Topliss-reactive ketones (excluding diaryl/α,β-unsaturated/α-hetero) is 1. The molecular formula is C18H15ClN2O. The zero-order valence-corrected chi connectivity index (χ0v) is 13.1. The van der Waals surface area contributed by atoms with Crippen LogP contribution in [-0.4, -0.2) is 10.8 Å². The van der Waals surface area contributed by atoms with Crippen LogP contribution in [0.2, 0.25) is 5.02 Å². The Morgan fingerprint density at radius 1 is 1.09 bits per heavy atom. The monoisotopic (exact) mass is 310 g/mol. The molecule has 0 aliphatic carbocycles. The zero-order chi connectivity index (χ0) is 15.7. The van der Waals surface area contributed by atoms with E-state index >= 15 is 0 Å². The number of nitrogens with zero attached hydrogens (tertiary/aromatic N) is 1. The van der Waals surface area contributed by atoms with Gasteiger partial charge in [0.1, 0.15) is 0 Å². The molecule has 110 valence electrons. The van der Waals surface area contributed by atoms with Gasteiger partial charge >= 0.3 is 0 Å². The summed E-state index contributed by atoms with van der Waals surface area (Å²) in [4.78, 5) is 15.7. The lowest BCUT2D eigenvalue weighted by atomic mass is 10.1. The Labute approximate surface area is 133 Å². The number of aromatic nitrogens is 1. The van der Waals surface area contributed by atoms with Crippen LogP contribution in [0, 0.1) is 6.92 Å². The lowest BCUT2D eigenvalue weighted by Gasteiger charge is -2.11. The summed E-state index contributed by atoms with van der Waals surface area (Å²) in [5.74, 6) is 0.0613. The molecule has 2 aromatic carbocycles. The van der Waals surface area contributed by atoms with Crippen molar-refractivity contribution in [2.24, 2.45) is 0 Å². The highest BCUT2D eigenvalue weighted by Gasteiger charge is 2.07. The standard InChI is InChI=1S/C18H15ClN2O/c1-11-16(19)8-7-15-17(9-10-20-18(11)15)21-14-5-3-13(4-6-14)12(2)22/h3-10H,1-2H3,(H,20,21). The number of nitrogens with one attached hydrogen (secondary N) is 1. The number of carbonyl (C=O) groups excluding carboxylic acids is 1. The van der Waals surface area contributed by atoms with Gasteiger partial charge in [0.15, 0.2) is 5.78 Å². The smallest absolute Gasteiger partial charge is 0.159 e. The minimum atomic E-state index is 0.0613. The van der Waals surface area contributed by atoms with Crippen LogP contribution in [0.25, 0.3) is 10.9 Å². The fourth-order valence-electron chi connectivity index (χ4n) is 2.39. The molecule has 0 amide bonds. The molecule has 1 heterocycles. The highest BCUT2D eigenvalue weighted by molar-refractivity contribution is 6.32. The van der Waals surface area contributed by atoms with Gasteiger partial charge < -0.3 is 5.32 Å². The summed E-state index contributed by atoms with van der Waals surface area (Å²) in [5, 5.41) is 5.09. The van der Waals surface area contributed by atoms with Gasteiger partial charge in [-0.15, -0.1) is 0 Å². The number of hydrogen-bond donors (Lipinski definition) is 1. The van der Waals surface area contributed by atoms with E-state index in [2.05, 4.69) is 10.3 Å². The minimum Gasteiger partial charge on any atom is -0.355 e. The van der Waals surface area contributed by atoms with Crippen molar-refractivity contribution in [3.8, 4) is 0 Å². The number of fused-ring (bicyclic) bond motifs is 1. The maximum Gasteiger partial charge on any atom is 0.159 e.